The van der Waals surface area contributed by atoms with Crippen LogP contribution in [0.1, 0.15) is 69.7 Å². The summed E-state index contributed by atoms with van der Waals surface area (Å²) in [5, 5.41) is 5.40. The monoisotopic (exact) mass is 475 g/mol. The van der Waals surface area contributed by atoms with E-state index < -0.39 is 23.6 Å². The minimum absolute atomic E-state index is 0.181. The van der Waals surface area contributed by atoms with Crippen LogP contribution in [0.5, 0.6) is 5.88 Å². The summed E-state index contributed by atoms with van der Waals surface area (Å²) < 4.78 is 11.1. The summed E-state index contributed by atoms with van der Waals surface area (Å²) in [5.41, 5.74) is 5.02. The summed E-state index contributed by atoms with van der Waals surface area (Å²) in [6.45, 7) is 5.69. The molecule has 0 spiro atoms. The zero-order valence-electron chi connectivity index (χ0n) is 19.8. The van der Waals surface area contributed by atoms with Gasteiger partial charge >= 0.3 is 12.1 Å². The molecule has 3 rings (SSSR count). The number of hydrogen-bond donors (Lipinski definition) is 3. The number of amides is 5. The normalized spacial score (nSPS) is 22.8. The number of imide groups is 1. The first kappa shape index (κ1) is 25.3. The molecule has 1 saturated heterocycles. The fourth-order valence-corrected chi connectivity index (χ4v) is 4.15. The van der Waals surface area contributed by atoms with E-state index in [1.807, 2.05) is 0 Å². The first-order chi connectivity index (χ1) is 16.0. The Labute approximate surface area is 198 Å². The van der Waals surface area contributed by atoms with Gasteiger partial charge in [-0.05, 0) is 71.4 Å². The lowest BCUT2D eigenvalue weighted by Crippen LogP contribution is -2.44. The summed E-state index contributed by atoms with van der Waals surface area (Å²) >= 11 is 0. The summed E-state index contributed by atoms with van der Waals surface area (Å²) in [6.07, 6.45) is 4.20. The van der Waals surface area contributed by atoms with Gasteiger partial charge in [0.2, 0.25) is 5.88 Å². The predicted octanol–water partition coefficient (Wildman–Crippen LogP) is 2.10. The number of urea groups is 1. The van der Waals surface area contributed by atoms with Crippen LogP contribution in [0.3, 0.4) is 0 Å². The van der Waals surface area contributed by atoms with E-state index in [2.05, 4.69) is 15.6 Å². The van der Waals surface area contributed by atoms with Gasteiger partial charge in [0.15, 0.2) is 0 Å². The highest BCUT2D eigenvalue weighted by Gasteiger charge is 2.42. The van der Waals surface area contributed by atoms with E-state index in [0.717, 1.165) is 0 Å². The molecule has 1 atom stereocenters. The maximum Gasteiger partial charge on any atom is 0.407 e. The van der Waals surface area contributed by atoms with Crippen LogP contribution in [0.25, 0.3) is 0 Å². The maximum absolute atomic E-state index is 12.9. The van der Waals surface area contributed by atoms with Crippen LogP contribution in [0.2, 0.25) is 0 Å². The molecule has 11 heteroatoms. The van der Waals surface area contributed by atoms with Crippen molar-refractivity contribution in [2.75, 3.05) is 6.54 Å². The number of aromatic nitrogens is 1. The van der Waals surface area contributed by atoms with E-state index in [9.17, 15) is 19.2 Å². The Morgan fingerprint density at radius 2 is 1.94 bits per heavy atom. The largest absolute Gasteiger partial charge is 0.474 e. The average Bonchev–Trinajstić information content (AvgIpc) is 3.04. The highest BCUT2D eigenvalue weighted by atomic mass is 16.6. The lowest BCUT2D eigenvalue weighted by Gasteiger charge is -2.33. The van der Waals surface area contributed by atoms with Gasteiger partial charge in [0, 0.05) is 18.8 Å². The first-order valence-electron chi connectivity index (χ1n) is 11.6. The van der Waals surface area contributed by atoms with Gasteiger partial charge in [-0.25, -0.2) is 14.6 Å². The van der Waals surface area contributed by atoms with Crippen molar-refractivity contribution < 1.29 is 28.7 Å². The van der Waals surface area contributed by atoms with Gasteiger partial charge in [-0.2, -0.15) is 0 Å². The van der Waals surface area contributed by atoms with Crippen LogP contribution in [0, 0.1) is 0 Å². The number of primary amides is 1. The van der Waals surface area contributed by atoms with Crippen LogP contribution >= 0.6 is 0 Å². The number of pyridine rings is 1. The number of ether oxygens (including phenoxy) is 2. The third kappa shape index (κ3) is 6.58. The number of carbonyl (C=O) groups is 4. The van der Waals surface area contributed by atoms with Gasteiger partial charge in [0.1, 0.15) is 23.3 Å². The van der Waals surface area contributed by atoms with Gasteiger partial charge in [0.25, 0.3) is 11.8 Å². The van der Waals surface area contributed by atoms with Crippen molar-refractivity contribution in [3.05, 3.63) is 23.9 Å². The predicted molar refractivity (Wildman–Crippen MR) is 122 cm³/mol. The second-order valence-corrected chi connectivity index (χ2v) is 9.55. The van der Waals surface area contributed by atoms with E-state index in [1.165, 1.54) is 11.1 Å². The Bertz CT molecular complexity index is 923. The first-order valence-corrected chi connectivity index (χ1v) is 11.6. The minimum atomic E-state index is -0.608. The van der Waals surface area contributed by atoms with E-state index in [4.69, 9.17) is 15.2 Å². The van der Waals surface area contributed by atoms with Crippen molar-refractivity contribution in [3.63, 3.8) is 0 Å². The van der Waals surface area contributed by atoms with Gasteiger partial charge in [-0.1, -0.05) is 0 Å². The average molecular weight is 476 g/mol. The number of carbonyl (C=O) groups excluding carboxylic acids is 4. The van der Waals surface area contributed by atoms with Crippen LogP contribution < -0.4 is 21.1 Å². The summed E-state index contributed by atoms with van der Waals surface area (Å²) in [6, 6.07) is 1.98. The Morgan fingerprint density at radius 3 is 2.59 bits per heavy atom. The molecule has 0 bridgehead atoms. The molecule has 1 aliphatic heterocycles. The maximum atomic E-state index is 12.9. The highest BCUT2D eigenvalue weighted by molar-refractivity contribution is 6.04. The second-order valence-electron chi connectivity index (χ2n) is 9.55. The number of nitrogens with one attached hydrogen (secondary N) is 2. The molecular formula is C23H33N5O6. The summed E-state index contributed by atoms with van der Waals surface area (Å²) in [5.74, 6) is -0.649. The Hall–Kier alpha value is -3.37. The van der Waals surface area contributed by atoms with Crippen LogP contribution in [0.15, 0.2) is 18.3 Å². The molecule has 1 aromatic heterocycles. The standard InChI is InChI=1S/C23H33N5O6/c1-23(2,3)34-22(32)26-13-5-7-17-20(30)28(21(31)27-17)14-8-10-15(11-9-14)33-19-16(18(24)29)6-4-12-25-19/h4,6,12,14-15,17H,5,7-11,13H2,1-3H3,(H2,24,29)(H,26,32)(H,27,31)/t14-,15-,17?. The number of nitrogens with two attached hydrogens (primary N) is 1. The van der Waals surface area contributed by atoms with E-state index in [-0.39, 0.29) is 35.5 Å². The molecule has 2 fully saturated rings. The van der Waals surface area contributed by atoms with Crippen molar-refractivity contribution in [2.45, 2.75) is 83.1 Å². The number of hydrogen-bond acceptors (Lipinski definition) is 7. The van der Waals surface area contributed by atoms with Crippen molar-refractivity contribution in [3.8, 4) is 5.88 Å². The van der Waals surface area contributed by atoms with Gasteiger partial charge < -0.3 is 25.8 Å². The van der Waals surface area contributed by atoms with E-state index in [1.54, 1.807) is 32.9 Å². The van der Waals surface area contributed by atoms with Gasteiger partial charge in [-0.3, -0.25) is 14.5 Å². The minimum Gasteiger partial charge on any atom is -0.474 e. The molecule has 0 aromatic carbocycles. The Morgan fingerprint density at radius 1 is 1.24 bits per heavy atom. The molecule has 4 N–H and O–H groups in total. The van der Waals surface area contributed by atoms with Gasteiger partial charge in [0.05, 0.1) is 0 Å². The zero-order valence-corrected chi connectivity index (χ0v) is 19.8. The van der Waals surface area contributed by atoms with Crippen LogP contribution in [-0.4, -0.2) is 64.2 Å². The lowest BCUT2D eigenvalue weighted by atomic mass is 9.91. The smallest absolute Gasteiger partial charge is 0.407 e. The third-order valence-electron chi connectivity index (χ3n) is 5.71. The molecule has 1 saturated carbocycles. The van der Waals surface area contributed by atoms with E-state index >= 15 is 0 Å². The number of alkyl carbamates (subject to hydrolysis) is 1. The fourth-order valence-electron chi connectivity index (χ4n) is 4.15. The second kappa shape index (κ2) is 10.7. The molecule has 5 amide bonds. The quantitative estimate of drug-likeness (QED) is 0.384. The van der Waals surface area contributed by atoms with Crippen molar-refractivity contribution in [2.24, 2.45) is 5.73 Å². The molecule has 2 aliphatic rings. The molecule has 1 aliphatic carbocycles. The zero-order chi connectivity index (χ0) is 24.9. The van der Waals surface area contributed by atoms with Crippen molar-refractivity contribution >= 4 is 23.9 Å². The molecular weight excluding hydrogens is 442 g/mol. The lowest BCUT2D eigenvalue weighted by molar-refractivity contribution is -0.129. The Balaban J connectivity index is 1.45. The summed E-state index contributed by atoms with van der Waals surface area (Å²) in [4.78, 5) is 54.0. The fraction of sp³-hybridized carbons (Fsp3) is 0.609. The summed E-state index contributed by atoms with van der Waals surface area (Å²) in [7, 11) is 0. The topological polar surface area (TPSA) is 153 Å². The molecule has 1 aromatic rings. The number of nitrogens with zero attached hydrogens (tertiary/aromatic N) is 2. The van der Waals surface area contributed by atoms with Crippen LogP contribution in [-0.2, 0) is 9.53 Å². The highest BCUT2D eigenvalue weighted by Crippen LogP contribution is 2.29. The molecule has 34 heavy (non-hydrogen) atoms. The molecule has 2 heterocycles. The Kier molecular flexibility index (Phi) is 7.95. The SMILES string of the molecule is CC(C)(C)OC(=O)NCCCC1NC(=O)N([C@H]2CC[C@H](Oc3ncccc3C(N)=O)CC2)C1=O. The van der Waals surface area contributed by atoms with Gasteiger partial charge in [-0.15, -0.1) is 0 Å². The van der Waals surface area contributed by atoms with Crippen molar-refractivity contribution in [1.82, 2.24) is 20.5 Å². The molecule has 186 valence electrons. The molecule has 0 radical (unpaired) electrons. The van der Waals surface area contributed by atoms with E-state index in [0.29, 0.717) is 45.1 Å². The third-order valence-corrected chi connectivity index (χ3v) is 5.71. The van der Waals surface area contributed by atoms with Crippen LogP contribution in [0.4, 0.5) is 9.59 Å². The van der Waals surface area contributed by atoms with Crippen molar-refractivity contribution in [1.29, 1.82) is 0 Å². The number of rotatable bonds is 8. The molecule has 11 nitrogen and oxygen atoms in total. The molecule has 1 unspecified atom stereocenters.